The van der Waals surface area contributed by atoms with Gasteiger partial charge in [0.25, 0.3) is 0 Å². The molecule has 2 saturated heterocycles. The molecule has 4 heterocycles. The van der Waals surface area contributed by atoms with Gasteiger partial charge < -0.3 is 34.2 Å². The Bertz CT molecular complexity index is 876. The van der Waals surface area contributed by atoms with Gasteiger partial charge in [0.1, 0.15) is 31.0 Å². The molecule has 0 unspecified atom stereocenters. The van der Waals surface area contributed by atoms with Crippen molar-refractivity contribution >= 4 is 11.4 Å². The molecule has 3 aliphatic rings. The molecular weight excluding hydrogens is 426 g/mol. The number of hydrogen-bond donors (Lipinski definition) is 2. The molecule has 9 nitrogen and oxygen atoms in total. The number of ether oxygens (including phenoxy) is 3. The number of fused-ring (bicyclic) bond motifs is 2. The van der Waals surface area contributed by atoms with E-state index in [0.717, 1.165) is 50.2 Å². The van der Waals surface area contributed by atoms with Crippen molar-refractivity contribution in [3.05, 3.63) is 23.0 Å². The van der Waals surface area contributed by atoms with Crippen molar-refractivity contribution in [2.24, 2.45) is 5.16 Å². The summed E-state index contributed by atoms with van der Waals surface area (Å²) in [7, 11) is 0. The third kappa shape index (κ3) is 5.49. The first-order chi connectivity index (χ1) is 15.6. The average Bonchev–Trinajstić information content (AvgIpc) is 3.12. The van der Waals surface area contributed by atoms with Crippen LogP contribution in [0.4, 0.5) is 5.69 Å². The minimum absolute atomic E-state index is 0.0865. The molecule has 3 aliphatic heterocycles. The molecule has 0 saturated carbocycles. The molecule has 33 heavy (non-hydrogen) atoms. The third-order valence-corrected chi connectivity index (χ3v) is 6.60. The number of aromatic nitrogens is 1. The fourth-order valence-corrected chi connectivity index (χ4v) is 4.64. The van der Waals surface area contributed by atoms with E-state index in [2.05, 4.69) is 30.0 Å². The number of oxime groups is 1. The zero-order valence-corrected chi connectivity index (χ0v) is 20.3. The Kier molecular flexibility index (Phi) is 7.26. The van der Waals surface area contributed by atoms with Gasteiger partial charge in [-0.15, -0.1) is 0 Å². The predicted octanol–water partition coefficient (Wildman–Crippen LogP) is 2.22. The standard InChI is InChI=1S/C24H37N3O6/c1-14-12-18-17(25-16(14)3)8-6-7-10-27(18)11-9-15(2)26-30-13-19(28)21-20(29)22-23(31-21)33-24(4,5)32-22/h12,19-23,28-29H,6-11,13H2,1-5H3/t19-,20+,21-,22-,23-/m1/s1. The van der Waals surface area contributed by atoms with Gasteiger partial charge in [0, 0.05) is 25.2 Å². The van der Waals surface area contributed by atoms with Crippen LogP contribution in [0, 0.1) is 13.8 Å². The number of pyridine rings is 1. The van der Waals surface area contributed by atoms with Gasteiger partial charge in [-0.25, -0.2) is 0 Å². The molecule has 2 fully saturated rings. The number of rotatable bonds is 7. The second kappa shape index (κ2) is 9.84. The molecule has 0 aromatic carbocycles. The SMILES string of the molecule is CC(CCN1CCCCc2nc(C)c(C)cc21)=NOC[C@@H](O)[C@H]1O[C@@H]2OC(C)(C)O[C@@H]2[C@H]1O. The Hall–Kier alpha value is -1.78. The van der Waals surface area contributed by atoms with Gasteiger partial charge in [0.15, 0.2) is 12.1 Å². The average molecular weight is 464 g/mol. The molecule has 4 rings (SSSR count). The molecule has 5 atom stereocenters. The first-order valence-corrected chi connectivity index (χ1v) is 11.9. The van der Waals surface area contributed by atoms with Gasteiger partial charge in [-0.05, 0) is 65.5 Å². The second-order valence-corrected chi connectivity index (χ2v) is 9.80. The van der Waals surface area contributed by atoms with Crippen LogP contribution < -0.4 is 4.90 Å². The van der Waals surface area contributed by atoms with Crippen molar-refractivity contribution in [1.29, 1.82) is 0 Å². The van der Waals surface area contributed by atoms with Gasteiger partial charge in [-0.2, -0.15) is 0 Å². The summed E-state index contributed by atoms with van der Waals surface area (Å²) in [6, 6.07) is 2.25. The zero-order valence-electron chi connectivity index (χ0n) is 20.3. The molecular formula is C24H37N3O6. The van der Waals surface area contributed by atoms with Gasteiger partial charge >= 0.3 is 0 Å². The number of aliphatic hydroxyl groups excluding tert-OH is 2. The van der Waals surface area contributed by atoms with Crippen molar-refractivity contribution in [2.75, 3.05) is 24.6 Å². The van der Waals surface area contributed by atoms with Crippen LogP contribution in [-0.4, -0.2) is 77.1 Å². The highest BCUT2D eigenvalue weighted by atomic mass is 16.8. The number of anilines is 1. The van der Waals surface area contributed by atoms with Gasteiger partial charge in [-0.3, -0.25) is 4.98 Å². The first-order valence-electron chi connectivity index (χ1n) is 11.9. The quantitative estimate of drug-likeness (QED) is 0.468. The van der Waals surface area contributed by atoms with E-state index in [-0.39, 0.29) is 6.61 Å². The van der Waals surface area contributed by atoms with Crippen molar-refractivity contribution < 1.29 is 29.3 Å². The fourth-order valence-electron chi connectivity index (χ4n) is 4.64. The van der Waals surface area contributed by atoms with Gasteiger partial charge in [-0.1, -0.05) is 5.16 Å². The molecule has 1 aromatic heterocycles. The van der Waals surface area contributed by atoms with Crippen LogP contribution in [0.1, 0.15) is 57.0 Å². The van der Waals surface area contributed by atoms with Crippen LogP contribution in [0.5, 0.6) is 0 Å². The Morgan fingerprint density at radius 2 is 2.12 bits per heavy atom. The Labute approximate surface area is 195 Å². The van der Waals surface area contributed by atoms with E-state index in [1.165, 1.54) is 16.9 Å². The van der Waals surface area contributed by atoms with Crippen LogP contribution >= 0.6 is 0 Å². The van der Waals surface area contributed by atoms with E-state index in [1.807, 2.05) is 6.92 Å². The topological polar surface area (TPSA) is 106 Å². The number of aryl methyl sites for hydroxylation is 3. The number of aliphatic hydroxyl groups is 2. The lowest BCUT2D eigenvalue weighted by atomic mass is 10.1. The Balaban J connectivity index is 1.26. The third-order valence-electron chi connectivity index (χ3n) is 6.60. The van der Waals surface area contributed by atoms with Crippen molar-refractivity contribution in [3.63, 3.8) is 0 Å². The molecule has 0 amide bonds. The molecule has 184 valence electrons. The summed E-state index contributed by atoms with van der Waals surface area (Å²) in [5.74, 6) is -0.814. The van der Waals surface area contributed by atoms with Crippen LogP contribution in [0.15, 0.2) is 11.2 Å². The summed E-state index contributed by atoms with van der Waals surface area (Å²) >= 11 is 0. The Morgan fingerprint density at radius 1 is 1.33 bits per heavy atom. The van der Waals surface area contributed by atoms with E-state index < -0.39 is 36.5 Å². The summed E-state index contributed by atoms with van der Waals surface area (Å²) in [6.45, 7) is 11.4. The summed E-state index contributed by atoms with van der Waals surface area (Å²) in [6.07, 6.45) is -0.157. The summed E-state index contributed by atoms with van der Waals surface area (Å²) < 4.78 is 16.9. The maximum Gasteiger partial charge on any atom is 0.190 e. The first kappa shape index (κ1) is 24.3. The molecule has 0 aliphatic carbocycles. The molecule has 0 radical (unpaired) electrons. The number of hydrogen-bond acceptors (Lipinski definition) is 9. The predicted molar refractivity (Wildman–Crippen MR) is 123 cm³/mol. The highest BCUT2D eigenvalue weighted by molar-refractivity contribution is 5.81. The molecule has 0 spiro atoms. The van der Waals surface area contributed by atoms with Crippen LogP contribution in [0.3, 0.4) is 0 Å². The normalized spacial score (nSPS) is 30.0. The number of nitrogens with zero attached hydrogens (tertiary/aromatic N) is 3. The van der Waals surface area contributed by atoms with E-state index in [1.54, 1.807) is 13.8 Å². The fraction of sp³-hybridized carbons (Fsp3) is 0.750. The van der Waals surface area contributed by atoms with Crippen molar-refractivity contribution in [2.45, 2.75) is 96.8 Å². The van der Waals surface area contributed by atoms with Gasteiger partial charge in [0.2, 0.25) is 0 Å². The molecule has 9 heteroatoms. The Morgan fingerprint density at radius 3 is 2.88 bits per heavy atom. The van der Waals surface area contributed by atoms with E-state index in [4.69, 9.17) is 24.0 Å². The monoisotopic (exact) mass is 463 g/mol. The summed E-state index contributed by atoms with van der Waals surface area (Å²) in [4.78, 5) is 12.6. The molecule has 0 bridgehead atoms. The maximum atomic E-state index is 10.4. The van der Waals surface area contributed by atoms with E-state index in [9.17, 15) is 10.2 Å². The van der Waals surface area contributed by atoms with Crippen molar-refractivity contribution in [1.82, 2.24) is 4.98 Å². The van der Waals surface area contributed by atoms with E-state index in [0.29, 0.717) is 0 Å². The second-order valence-electron chi connectivity index (χ2n) is 9.80. The molecule has 2 N–H and O–H groups in total. The zero-order chi connectivity index (χ0) is 23.8. The smallest absolute Gasteiger partial charge is 0.190 e. The lowest BCUT2D eigenvalue weighted by Crippen LogP contribution is -2.42. The molecule has 1 aromatic rings. The van der Waals surface area contributed by atoms with Crippen molar-refractivity contribution in [3.8, 4) is 0 Å². The minimum Gasteiger partial charge on any atom is -0.393 e. The van der Waals surface area contributed by atoms with Crippen LogP contribution in [0.2, 0.25) is 0 Å². The highest BCUT2D eigenvalue weighted by Crippen LogP contribution is 2.38. The van der Waals surface area contributed by atoms with Crippen LogP contribution in [-0.2, 0) is 25.5 Å². The van der Waals surface area contributed by atoms with Gasteiger partial charge in [0.05, 0.1) is 17.1 Å². The maximum absolute atomic E-state index is 10.4. The minimum atomic E-state index is -1.05. The lowest BCUT2D eigenvalue weighted by Gasteiger charge is -2.25. The van der Waals surface area contributed by atoms with E-state index >= 15 is 0 Å². The largest absolute Gasteiger partial charge is 0.393 e. The highest BCUT2D eigenvalue weighted by Gasteiger charge is 2.56. The summed E-state index contributed by atoms with van der Waals surface area (Å²) in [5, 5.41) is 25.0. The lowest BCUT2D eigenvalue weighted by molar-refractivity contribution is -0.228. The summed E-state index contributed by atoms with van der Waals surface area (Å²) in [5.41, 5.74) is 5.55. The van der Waals surface area contributed by atoms with Crippen LogP contribution in [0.25, 0.3) is 0 Å².